The number of carbonyl (C=O) groups is 1. The Labute approximate surface area is 248 Å². The molecule has 2 aromatic heterocycles. The van der Waals surface area contributed by atoms with Crippen LogP contribution in [0.1, 0.15) is 50.6 Å². The highest BCUT2D eigenvalue weighted by Crippen LogP contribution is 2.33. The Morgan fingerprint density at radius 1 is 1.02 bits per heavy atom. The Balaban J connectivity index is 1.17. The third-order valence-electron chi connectivity index (χ3n) is 8.00. The van der Waals surface area contributed by atoms with E-state index in [1.807, 2.05) is 26.8 Å². The minimum Gasteiger partial charge on any atom is -0.494 e. The van der Waals surface area contributed by atoms with Gasteiger partial charge in [-0.25, -0.2) is 14.2 Å². The number of ether oxygens (including phenoxy) is 2. The van der Waals surface area contributed by atoms with Crippen LogP contribution >= 0.6 is 0 Å². The molecule has 3 aromatic rings. The van der Waals surface area contributed by atoms with Crippen molar-refractivity contribution in [2.75, 3.05) is 57.9 Å². The molecule has 0 aliphatic carbocycles. The number of carbonyl (C=O) groups excluding carboxylic acids is 1. The molecule has 13 heteroatoms. The molecular weight excluding hydrogens is 568 g/mol. The minimum atomic E-state index is -4.60. The van der Waals surface area contributed by atoms with Crippen LogP contribution in [0.4, 0.5) is 28.2 Å². The lowest BCUT2D eigenvalue weighted by Crippen LogP contribution is -2.50. The molecule has 1 aromatic carbocycles. The summed E-state index contributed by atoms with van der Waals surface area (Å²) in [5.74, 6) is 0.268. The summed E-state index contributed by atoms with van der Waals surface area (Å²) in [7, 11) is 1.43. The van der Waals surface area contributed by atoms with Crippen LogP contribution in [-0.4, -0.2) is 83.5 Å². The molecule has 0 bridgehead atoms. The topological polar surface area (TPSA) is 75.4 Å². The smallest absolute Gasteiger partial charge is 0.433 e. The van der Waals surface area contributed by atoms with Crippen molar-refractivity contribution in [3.8, 4) is 5.75 Å². The summed E-state index contributed by atoms with van der Waals surface area (Å²) < 4.78 is 67.3. The van der Waals surface area contributed by atoms with Crippen molar-refractivity contribution in [1.82, 2.24) is 24.4 Å². The molecule has 0 saturated carbocycles. The van der Waals surface area contributed by atoms with Gasteiger partial charge in [0.15, 0.2) is 22.9 Å². The molecule has 9 nitrogen and oxygen atoms in total. The van der Waals surface area contributed by atoms with Gasteiger partial charge in [-0.05, 0) is 37.1 Å². The van der Waals surface area contributed by atoms with Gasteiger partial charge in [0.2, 0.25) is 0 Å². The van der Waals surface area contributed by atoms with Crippen molar-refractivity contribution < 1.29 is 31.8 Å². The molecule has 2 aliphatic heterocycles. The second-order valence-electron chi connectivity index (χ2n) is 12.3. The SMILES string of the molecule is COc1ccc(CN2CCCC(COC(=O)N3CCN(c4cc(C(F)(F)F)nc5cc(C(C)(C)C)nn45)CC3)C2)cc1F. The van der Waals surface area contributed by atoms with Crippen molar-refractivity contribution in [1.29, 1.82) is 0 Å². The quantitative estimate of drug-likeness (QED) is 0.350. The average molecular weight is 607 g/mol. The fourth-order valence-electron chi connectivity index (χ4n) is 5.59. The highest BCUT2D eigenvalue weighted by atomic mass is 19.4. The number of likely N-dealkylation sites (tertiary alicyclic amines) is 1. The summed E-state index contributed by atoms with van der Waals surface area (Å²) in [6.45, 7) is 9.56. The van der Waals surface area contributed by atoms with Crippen molar-refractivity contribution in [3.63, 3.8) is 0 Å². The largest absolute Gasteiger partial charge is 0.494 e. The zero-order chi connectivity index (χ0) is 30.9. The van der Waals surface area contributed by atoms with Crippen molar-refractivity contribution in [2.24, 2.45) is 5.92 Å². The van der Waals surface area contributed by atoms with E-state index in [9.17, 15) is 22.4 Å². The van der Waals surface area contributed by atoms with E-state index in [4.69, 9.17) is 9.47 Å². The van der Waals surface area contributed by atoms with E-state index in [0.29, 0.717) is 44.2 Å². The van der Waals surface area contributed by atoms with Gasteiger partial charge in [0.25, 0.3) is 0 Å². The maximum Gasteiger partial charge on any atom is 0.433 e. The van der Waals surface area contributed by atoms with Gasteiger partial charge in [0, 0.05) is 62.7 Å². The lowest BCUT2D eigenvalue weighted by Gasteiger charge is -2.36. The monoisotopic (exact) mass is 606 g/mol. The summed E-state index contributed by atoms with van der Waals surface area (Å²) >= 11 is 0. The van der Waals surface area contributed by atoms with Gasteiger partial charge in [-0.3, -0.25) is 4.90 Å². The van der Waals surface area contributed by atoms with E-state index >= 15 is 0 Å². The Bertz CT molecular complexity index is 1450. The second kappa shape index (κ2) is 12.2. The van der Waals surface area contributed by atoms with E-state index in [1.54, 1.807) is 21.9 Å². The van der Waals surface area contributed by atoms with E-state index in [0.717, 1.165) is 37.6 Å². The number of piperidine rings is 1. The fraction of sp³-hybridized carbons (Fsp3) is 0.567. The van der Waals surface area contributed by atoms with Crippen molar-refractivity contribution in [3.05, 3.63) is 53.1 Å². The number of alkyl halides is 3. The lowest BCUT2D eigenvalue weighted by molar-refractivity contribution is -0.141. The van der Waals surface area contributed by atoms with Crippen molar-refractivity contribution in [2.45, 2.75) is 51.7 Å². The van der Waals surface area contributed by atoms with Gasteiger partial charge < -0.3 is 19.3 Å². The van der Waals surface area contributed by atoms with Gasteiger partial charge in [-0.1, -0.05) is 26.8 Å². The minimum absolute atomic E-state index is 0.134. The molecule has 0 spiro atoms. The Morgan fingerprint density at radius 2 is 1.77 bits per heavy atom. The normalized spacial score (nSPS) is 18.7. The maximum absolute atomic E-state index is 14.1. The number of hydrogen-bond donors (Lipinski definition) is 0. The van der Waals surface area contributed by atoms with E-state index in [1.165, 1.54) is 17.7 Å². The number of benzene rings is 1. The first-order valence-corrected chi connectivity index (χ1v) is 14.5. The molecule has 2 fully saturated rings. The fourth-order valence-corrected chi connectivity index (χ4v) is 5.59. The molecule has 1 amide bonds. The number of amides is 1. The maximum atomic E-state index is 14.1. The van der Waals surface area contributed by atoms with Crippen LogP contribution in [0.5, 0.6) is 5.75 Å². The molecule has 234 valence electrons. The Morgan fingerprint density at radius 3 is 2.42 bits per heavy atom. The van der Waals surface area contributed by atoms with Crippen LogP contribution in [0.3, 0.4) is 0 Å². The van der Waals surface area contributed by atoms with Gasteiger partial charge >= 0.3 is 12.3 Å². The predicted molar refractivity (Wildman–Crippen MR) is 153 cm³/mol. The number of fused-ring (bicyclic) bond motifs is 1. The number of methoxy groups -OCH3 is 1. The molecule has 0 N–H and O–H groups in total. The number of rotatable bonds is 6. The highest BCUT2D eigenvalue weighted by molar-refractivity contribution is 5.68. The predicted octanol–water partition coefficient (Wildman–Crippen LogP) is 5.36. The lowest BCUT2D eigenvalue weighted by atomic mass is 9.93. The van der Waals surface area contributed by atoms with Gasteiger partial charge in [0.1, 0.15) is 5.82 Å². The Hall–Kier alpha value is -3.61. The van der Waals surface area contributed by atoms with E-state index in [2.05, 4.69) is 15.0 Å². The average Bonchev–Trinajstić information content (AvgIpc) is 3.41. The summed E-state index contributed by atoms with van der Waals surface area (Å²) in [4.78, 5) is 22.4. The van der Waals surface area contributed by atoms with Crippen LogP contribution in [0.25, 0.3) is 5.65 Å². The van der Waals surface area contributed by atoms with E-state index in [-0.39, 0.29) is 29.3 Å². The van der Waals surface area contributed by atoms with Gasteiger partial charge in [0.05, 0.1) is 19.4 Å². The first-order chi connectivity index (χ1) is 20.3. The van der Waals surface area contributed by atoms with Crippen LogP contribution in [0.15, 0.2) is 30.3 Å². The summed E-state index contributed by atoms with van der Waals surface area (Å²) in [5.41, 5.74) is 0.285. The molecule has 43 heavy (non-hydrogen) atoms. The summed E-state index contributed by atoms with van der Waals surface area (Å²) in [5, 5.41) is 4.57. The zero-order valence-corrected chi connectivity index (χ0v) is 25.0. The van der Waals surface area contributed by atoms with Gasteiger partial charge in [-0.15, -0.1) is 0 Å². The second-order valence-corrected chi connectivity index (χ2v) is 12.3. The summed E-state index contributed by atoms with van der Waals surface area (Å²) in [6.07, 6.45) is -3.16. The van der Waals surface area contributed by atoms with Crippen LogP contribution in [0.2, 0.25) is 0 Å². The van der Waals surface area contributed by atoms with Crippen molar-refractivity contribution >= 4 is 17.6 Å². The zero-order valence-electron chi connectivity index (χ0n) is 25.0. The number of aromatic nitrogens is 3. The van der Waals surface area contributed by atoms with Gasteiger partial charge in [-0.2, -0.15) is 22.8 Å². The molecule has 5 rings (SSSR count). The van der Waals surface area contributed by atoms with Crippen LogP contribution < -0.4 is 9.64 Å². The van der Waals surface area contributed by atoms with Crippen LogP contribution in [-0.2, 0) is 22.9 Å². The molecule has 0 radical (unpaired) electrons. The summed E-state index contributed by atoms with van der Waals surface area (Å²) in [6, 6.07) is 7.57. The molecule has 2 aliphatic rings. The van der Waals surface area contributed by atoms with Crippen LogP contribution in [0, 0.1) is 11.7 Å². The van der Waals surface area contributed by atoms with E-state index < -0.39 is 23.8 Å². The third kappa shape index (κ3) is 7.14. The Kier molecular flexibility index (Phi) is 8.73. The molecular formula is C30H38F4N6O3. The number of anilines is 1. The molecule has 2 saturated heterocycles. The molecule has 4 heterocycles. The highest BCUT2D eigenvalue weighted by Gasteiger charge is 2.36. The number of hydrogen-bond acceptors (Lipinski definition) is 7. The standard InChI is InChI=1S/C30H38F4N6O3/c1-29(2,3)24-15-26-35-25(30(32,33)34)16-27(40(26)36-24)38-10-12-39(13-11-38)28(41)43-19-21-6-5-9-37(18-21)17-20-7-8-23(42-4)22(31)14-20/h7-8,14-16,21H,5-6,9-13,17-19H2,1-4H3. The first-order valence-electron chi connectivity index (χ1n) is 14.5. The number of halogens is 4. The number of nitrogens with zero attached hydrogens (tertiary/aromatic N) is 6. The molecule has 1 atom stereocenters. The molecule has 1 unspecified atom stereocenters. The number of piperazine rings is 1. The first kappa shape index (κ1) is 30.8. The third-order valence-corrected chi connectivity index (χ3v) is 8.00.